The number of benzene rings is 2. The molecule has 4 rings (SSSR count). The Kier molecular flexibility index (Phi) is 6.03. The number of hydrogen-bond donors (Lipinski definition) is 1. The number of rotatable bonds is 4. The van der Waals surface area contributed by atoms with E-state index in [4.69, 9.17) is 23.2 Å². The third-order valence-corrected chi connectivity index (χ3v) is 6.02. The molecule has 0 bridgehead atoms. The summed E-state index contributed by atoms with van der Waals surface area (Å²) in [4.78, 5) is 41.0. The van der Waals surface area contributed by atoms with Gasteiger partial charge in [-0.15, -0.1) is 0 Å². The Balaban J connectivity index is 1.49. The van der Waals surface area contributed by atoms with E-state index in [0.717, 1.165) is 30.8 Å². The van der Waals surface area contributed by atoms with Gasteiger partial charge in [-0.3, -0.25) is 14.4 Å². The summed E-state index contributed by atoms with van der Waals surface area (Å²) in [5.41, 5.74) is 1.45. The molecule has 1 fully saturated rings. The molecule has 2 aromatic carbocycles. The molecule has 2 aliphatic heterocycles. The van der Waals surface area contributed by atoms with Crippen LogP contribution in [0.3, 0.4) is 0 Å². The van der Waals surface area contributed by atoms with E-state index in [1.165, 1.54) is 6.07 Å². The Bertz CT molecular complexity index is 1080. The van der Waals surface area contributed by atoms with Gasteiger partial charge >= 0.3 is 0 Å². The second-order valence-corrected chi connectivity index (χ2v) is 8.63. The lowest BCUT2D eigenvalue weighted by Gasteiger charge is -2.31. The van der Waals surface area contributed by atoms with Crippen molar-refractivity contribution in [3.05, 3.63) is 69.8 Å². The fraction of sp³-hybridized carbons (Fsp3) is 0.261. The summed E-state index contributed by atoms with van der Waals surface area (Å²) in [7, 11) is 0. The summed E-state index contributed by atoms with van der Waals surface area (Å²) in [6.07, 6.45) is 2.15. The largest absolute Gasteiger partial charge is 0.350 e. The van der Waals surface area contributed by atoms with Crippen LogP contribution in [0.5, 0.6) is 0 Å². The van der Waals surface area contributed by atoms with Gasteiger partial charge in [-0.2, -0.15) is 0 Å². The molecule has 1 atom stereocenters. The molecular weight excluding hydrogens is 437 g/mol. The van der Waals surface area contributed by atoms with E-state index >= 15 is 0 Å². The maximum atomic E-state index is 12.9. The minimum atomic E-state index is -0.623. The summed E-state index contributed by atoms with van der Waals surface area (Å²) in [5, 5.41) is 3.12. The number of piperidine rings is 1. The van der Waals surface area contributed by atoms with Crippen molar-refractivity contribution in [2.24, 2.45) is 5.92 Å². The van der Waals surface area contributed by atoms with E-state index in [0.29, 0.717) is 27.9 Å². The van der Waals surface area contributed by atoms with Crippen molar-refractivity contribution in [3.63, 3.8) is 0 Å². The van der Waals surface area contributed by atoms with Gasteiger partial charge in [-0.25, -0.2) is 4.90 Å². The molecule has 6 nitrogen and oxygen atoms in total. The number of anilines is 2. The number of hydrogen-bond acceptors (Lipinski definition) is 4. The lowest BCUT2D eigenvalue weighted by atomic mass is 9.99. The van der Waals surface area contributed by atoms with Crippen LogP contribution in [-0.4, -0.2) is 35.7 Å². The van der Waals surface area contributed by atoms with Gasteiger partial charge in [0.15, 0.2) is 0 Å². The SMILES string of the molecule is CC1CCCN(C(=O)c2ccc(NC3=C(Cl)C(=O)N(c4cccc(Cl)c4)C3=O)cc2)C1. The molecular formula is C23H21Cl2N3O3. The van der Waals surface area contributed by atoms with Crippen LogP contribution in [-0.2, 0) is 9.59 Å². The molecule has 8 heteroatoms. The first-order valence-electron chi connectivity index (χ1n) is 10.1. The normalized spacial score (nSPS) is 19.3. The Labute approximate surface area is 190 Å². The van der Waals surface area contributed by atoms with Crippen LogP contribution in [0.1, 0.15) is 30.1 Å². The Morgan fingerprint density at radius 2 is 1.81 bits per heavy atom. The molecule has 1 unspecified atom stereocenters. The zero-order chi connectivity index (χ0) is 22.1. The van der Waals surface area contributed by atoms with Crippen molar-refractivity contribution in [2.45, 2.75) is 19.8 Å². The van der Waals surface area contributed by atoms with Crippen molar-refractivity contribution in [1.29, 1.82) is 0 Å². The van der Waals surface area contributed by atoms with E-state index < -0.39 is 11.8 Å². The highest BCUT2D eigenvalue weighted by atomic mass is 35.5. The fourth-order valence-corrected chi connectivity index (χ4v) is 4.26. The van der Waals surface area contributed by atoms with Gasteiger partial charge in [0.1, 0.15) is 10.7 Å². The zero-order valence-electron chi connectivity index (χ0n) is 16.9. The topological polar surface area (TPSA) is 69.7 Å². The third-order valence-electron chi connectivity index (χ3n) is 5.44. The lowest BCUT2D eigenvalue weighted by molar-refractivity contribution is -0.120. The Hall–Kier alpha value is -2.83. The highest BCUT2D eigenvalue weighted by molar-refractivity contribution is 6.53. The molecule has 0 aromatic heterocycles. The minimum absolute atomic E-state index is 0.00500. The molecule has 0 spiro atoms. The number of amides is 3. The van der Waals surface area contributed by atoms with E-state index in [2.05, 4.69) is 12.2 Å². The number of nitrogens with one attached hydrogen (secondary N) is 1. The molecule has 0 radical (unpaired) electrons. The number of nitrogens with zero attached hydrogens (tertiary/aromatic N) is 2. The fourth-order valence-electron chi connectivity index (χ4n) is 3.86. The third kappa shape index (κ3) is 4.31. The molecule has 3 amide bonds. The maximum absolute atomic E-state index is 12.9. The van der Waals surface area contributed by atoms with E-state index in [-0.39, 0.29) is 16.6 Å². The van der Waals surface area contributed by atoms with Gasteiger partial charge in [0.2, 0.25) is 0 Å². The molecule has 0 aliphatic carbocycles. The number of imide groups is 1. The summed E-state index contributed by atoms with van der Waals surface area (Å²) in [6, 6.07) is 13.2. The Morgan fingerprint density at radius 3 is 2.48 bits per heavy atom. The number of carbonyl (C=O) groups excluding carboxylic acids is 3. The summed E-state index contributed by atoms with van der Waals surface area (Å²) >= 11 is 12.1. The van der Waals surface area contributed by atoms with Crippen molar-refractivity contribution >= 4 is 52.3 Å². The first-order chi connectivity index (χ1) is 14.8. The van der Waals surface area contributed by atoms with E-state index in [9.17, 15) is 14.4 Å². The van der Waals surface area contributed by atoms with Gasteiger partial charge in [-0.1, -0.05) is 36.2 Å². The zero-order valence-corrected chi connectivity index (χ0v) is 18.4. The van der Waals surface area contributed by atoms with Gasteiger partial charge in [0.25, 0.3) is 17.7 Å². The predicted molar refractivity (Wildman–Crippen MR) is 121 cm³/mol. The average Bonchev–Trinajstić information content (AvgIpc) is 2.97. The molecule has 2 aromatic rings. The maximum Gasteiger partial charge on any atom is 0.283 e. The first kappa shape index (κ1) is 21.4. The van der Waals surface area contributed by atoms with Crippen LogP contribution in [0.2, 0.25) is 5.02 Å². The van der Waals surface area contributed by atoms with Gasteiger partial charge < -0.3 is 10.2 Å². The molecule has 1 N–H and O–H groups in total. The summed E-state index contributed by atoms with van der Waals surface area (Å²) in [5.74, 6) is -0.696. The highest BCUT2D eigenvalue weighted by Crippen LogP contribution is 2.31. The quantitative estimate of drug-likeness (QED) is 0.678. The minimum Gasteiger partial charge on any atom is -0.350 e. The van der Waals surface area contributed by atoms with Crippen molar-refractivity contribution in [1.82, 2.24) is 4.90 Å². The standard InChI is InChI=1S/C23H21Cl2N3O3/c1-14-4-3-11-27(13-14)21(29)15-7-9-17(10-8-15)26-20-19(25)22(30)28(23(20)31)18-6-2-5-16(24)12-18/h2,5-10,12,14,26H,3-4,11,13H2,1H3. The average molecular weight is 458 g/mol. The second-order valence-electron chi connectivity index (χ2n) is 7.82. The second kappa shape index (κ2) is 8.73. The first-order valence-corrected chi connectivity index (χ1v) is 10.8. The van der Waals surface area contributed by atoms with Crippen molar-refractivity contribution in [3.8, 4) is 0 Å². The van der Waals surface area contributed by atoms with Gasteiger partial charge in [-0.05, 0) is 61.2 Å². The van der Waals surface area contributed by atoms with Gasteiger partial charge in [0, 0.05) is 29.4 Å². The number of carbonyl (C=O) groups is 3. The summed E-state index contributed by atoms with van der Waals surface area (Å²) < 4.78 is 0. The molecule has 1 saturated heterocycles. The van der Waals surface area contributed by atoms with Crippen molar-refractivity contribution < 1.29 is 14.4 Å². The number of likely N-dealkylation sites (tertiary alicyclic amines) is 1. The van der Waals surface area contributed by atoms with Crippen LogP contribution in [0.4, 0.5) is 11.4 Å². The Morgan fingerprint density at radius 1 is 1.06 bits per heavy atom. The van der Waals surface area contributed by atoms with Gasteiger partial charge in [0.05, 0.1) is 5.69 Å². The monoisotopic (exact) mass is 457 g/mol. The molecule has 0 saturated carbocycles. The van der Waals surface area contributed by atoms with E-state index in [1.807, 2.05) is 4.90 Å². The van der Waals surface area contributed by atoms with Crippen LogP contribution < -0.4 is 10.2 Å². The molecule has 160 valence electrons. The predicted octanol–water partition coefficient (Wildman–Crippen LogP) is 4.65. The van der Waals surface area contributed by atoms with Crippen LogP contribution in [0.25, 0.3) is 0 Å². The lowest BCUT2D eigenvalue weighted by Crippen LogP contribution is -2.39. The molecule has 31 heavy (non-hydrogen) atoms. The molecule has 2 heterocycles. The molecule has 2 aliphatic rings. The number of halogens is 2. The van der Waals surface area contributed by atoms with E-state index in [1.54, 1.807) is 42.5 Å². The highest BCUT2D eigenvalue weighted by Gasteiger charge is 2.39. The summed E-state index contributed by atoms with van der Waals surface area (Å²) in [6.45, 7) is 3.68. The van der Waals surface area contributed by atoms with Crippen molar-refractivity contribution in [2.75, 3.05) is 23.3 Å². The van der Waals surface area contributed by atoms with Crippen LogP contribution in [0.15, 0.2) is 59.3 Å². The van der Waals surface area contributed by atoms with Crippen LogP contribution >= 0.6 is 23.2 Å². The smallest absolute Gasteiger partial charge is 0.283 e. The van der Waals surface area contributed by atoms with Crippen LogP contribution in [0, 0.1) is 5.92 Å².